The SMILES string of the molecule is CC(=NNC(=O)c1ccccc1[N+](=O)[O-])c1cccc(NC(=O)C2CC2)c1. The smallest absolute Gasteiger partial charge is 0.282 e. The van der Waals surface area contributed by atoms with Crippen molar-refractivity contribution in [2.45, 2.75) is 19.8 Å². The van der Waals surface area contributed by atoms with Gasteiger partial charge in [-0.1, -0.05) is 24.3 Å². The lowest BCUT2D eigenvalue weighted by atomic mass is 10.1. The minimum Gasteiger partial charge on any atom is -0.326 e. The average Bonchev–Trinajstić information content (AvgIpc) is 3.51. The summed E-state index contributed by atoms with van der Waals surface area (Å²) in [6.45, 7) is 1.70. The molecule has 1 aliphatic carbocycles. The highest BCUT2D eigenvalue weighted by Crippen LogP contribution is 2.30. The van der Waals surface area contributed by atoms with Gasteiger partial charge in [-0.05, 0) is 43.5 Å². The first-order chi connectivity index (χ1) is 13.0. The number of hydrogen-bond donors (Lipinski definition) is 2. The zero-order valence-electron chi connectivity index (χ0n) is 14.6. The van der Waals surface area contributed by atoms with Gasteiger partial charge in [0.2, 0.25) is 5.91 Å². The molecule has 1 saturated carbocycles. The van der Waals surface area contributed by atoms with Gasteiger partial charge in [-0.15, -0.1) is 0 Å². The predicted molar refractivity (Wildman–Crippen MR) is 101 cm³/mol. The Kier molecular flexibility index (Phi) is 5.25. The number of anilines is 1. The number of amides is 2. The molecular formula is C19H18N4O4. The van der Waals surface area contributed by atoms with Crippen LogP contribution in [0.5, 0.6) is 0 Å². The summed E-state index contributed by atoms with van der Waals surface area (Å²) in [5.74, 6) is -0.560. The molecule has 8 nitrogen and oxygen atoms in total. The number of carbonyl (C=O) groups is 2. The maximum Gasteiger partial charge on any atom is 0.282 e. The number of carbonyl (C=O) groups excluding carboxylic acids is 2. The van der Waals surface area contributed by atoms with Gasteiger partial charge in [0.15, 0.2) is 0 Å². The van der Waals surface area contributed by atoms with Crippen LogP contribution in [0.25, 0.3) is 0 Å². The van der Waals surface area contributed by atoms with Crippen LogP contribution in [0.3, 0.4) is 0 Å². The monoisotopic (exact) mass is 366 g/mol. The van der Waals surface area contributed by atoms with E-state index in [4.69, 9.17) is 0 Å². The molecule has 2 amide bonds. The summed E-state index contributed by atoms with van der Waals surface area (Å²) in [5.41, 5.74) is 3.86. The quantitative estimate of drug-likeness (QED) is 0.464. The number of hydrazone groups is 1. The van der Waals surface area contributed by atoms with Gasteiger partial charge < -0.3 is 5.32 Å². The standard InChI is InChI=1S/C19H18N4O4/c1-12(14-5-4-6-15(11-14)20-18(24)13-9-10-13)21-22-19(25)16-7-2-3-8-17(16)23(26)27/h2-8,11,13H,9-10H2,1H3,(H,20,24)(H,22,25). The van der Waals surface area contributed by atoms with E-state index in [1.54, 1.807) is 37.3 Å². The number of nitro benzene ring substituents is 1. The number of nitrogens with zero attached hydrogens (tertiary/aromatic N) is 2. The molecule has 0 saturated heterocycles. The normalized spacial score (nSPS) is 13.7. The van der Waals surface area contributed by atoms with Gasteiger partial charge in [-0.2, -0.15) is 5.10 Å². The van der Waals surface area contributed by atoms with Crippen molar-refractivity contribution in [1.29, 1.82) is 0 Å². The van der Waals surface area contributed by atoms with Crippen LogP contribution >= 0.6 is 0 Å². The van der Waals surface area contributed by atoms with Crippen LogP contribution in [-0.2, 0) is 4.79 Å². The zero-order valence-corrected chi connectivity index (χ0v) is 14.6. The Morgan fingerprint density at radius 2 is 1.89 bits per heavy atom. The fourth-order valence-corrected chi connectivity index (χ4v) is 2.50. The number of hydrogen-bond acceptors (Lipinski definition) is 5. The molecule has 0 radical (unpaired) electrons. The molecular weight excluding hydrogens is 348 g/mol. The Morgan fingerprint density at radius 3 is 2.59 bits per heavy atom. The second kappa shape index (κ2) is 7.77. The van der Waals surface area contributed by atoms with E-state index in [0.717, 1.165) is 12.8 Å². The van der Waals surface area contributed by atoms with E-state index in [1.165, 1.54) is 18.2 Å². The van der Waals surface area contributed by atoms with Gasteiger partial charge >= 0.3 is 0 Å². The molecule has 0 aliphatic heterocycles. The van der Waals surface area contributed by atoms with Crippen molar-refractivity contribution in [3.8, 4) is 0 Å². The van der Waals surface area contributed by atoms with Crippen molar-refractivity contribution in [2.75, 3.05) is 5.32 Å². The first-order valence-electron chi connectivity index (χ1n) is 8.45. The molecule has 2 aromatic carbocycles. The molecule has 27 heavy (non-hydrogen) atoms. The first kappa shape index (κ1) is 18.2. The Balaban J connectivity index is 1.71. The molecule has 2 N–H and O–H groups in total. The minimum atomic E-state index is -0.667. The zero-order chi connectivity index (χ0) is 19.4. The van der Waals surface area contributed by atoms with Gasteiger partial charge in [0.1, 0.15) is 5.56 Å². The molecule has 1 aliphatic rings. The summed E-state index contributed by atoms with van der Waals surface area (Å²) in [6.07, 6.45) is 1.84. The molecule has 0 atom stereocenters. The average molecular weight is 366 g/mol. The fourth-order valence-electron chi connectivity index (χ4n) is 2.50. The Labute approximate surface area is 155 Å². The molecule has 0 spiro atoms. The van der Waals surface area contributed by atoms with E-state index in [0.29, 0.717) is 17.0 Å². The molecule has 1 fully saturated rings. The maximum absolute atomic E-state index is 12.2. The molecule has 3 rings (SSSR count). The maximum atomic E-state index is 12.2. The van der Waals surface area contributed by atoms with Gasteiger partial charge in [0.25, 0.3) is 11.6 Å². The lowest BCUT2D eigenvalue weighted by Gasteiger charge is -2.07. The Hall–Kier alpha value is -3.55. The molecule has 0 aromatic heterocycles. The van der Waals surface area contributed by atoms with Crippen LogP contribution in [0.2, 0.25) is 0 Å². The van der Waals surface area contributed by atoms with Crippen molar-refractivity contribution in [3.05, 3.63) is 69.8 Å². The predicted octanol–water partition coefficient (Wildman–Crippen LogP) is 3.10. The molecule has 138 valence electrons. The highest BCUT2D eigenvalue weighted by atomic mass is 16.6. The van der Waals surface area contributed by atoms with Crippen LogP contribution < -0.4 is 10.7 Å². The summed E-state index contributed by atoms with van der Waals surface area (Å²) in [7, 11) is 0. The van der Waals surface area contributed by atoms with E-state index < -0.39 is 10.8 Å². The number of nitrogens with one attached hydrogen (secondary N) is 2. The highest BCUT2D eigenvalue weighted by molar-refractivity contribution is 6.03. The molecule has 2 aromatic rings. The largest absolute Gasteiger partial charge is 0.326 e. The van der Waals surface area contributed by atoms with Crippen LogP contribution in [0.4, 0.5) is 11.4 Å². The van der Waals surface area contributed by atoms with Gasteiger partial charge in [-0.25, -0.2) is 5.43 Å². The second-order valence-electron chi connectivity index (χ2n) is 6.26. The first-order valence-corrected chi connectivity index (χ1v) is 8.45. The lowest BCUT2D eigenvalue weighted by Crippen LogP contribution is -2.20. The van der Waals surface area contributed by atoms with E-state index >= 15 is 0 Å². The third-order valence-electron chi connectivity index (χ3n) is 4.17. The summed E-state index contributed by atoms with van der Waals surface area (Å²) in [6, 6.07) is 12.8. The Bertz CT molecular complexity index is 935. The van der Waals surface area contributed by atoms with Crippen molar-refractivity contribution < 1.29 is 14.5 Å². The number of nitro groups is 1. The molecule has 0 bridgehead atoms. The molecule has 0 unspecified atom stereocenters. The number of benzene rings is 2. The van der Waals surface area contributed by atoms with Crippen LogP contribution in [0.1, 0.15) is 35.7 Å². The third-order valence-corrected chi connectivity index (χ3v) is 4.17. The minimum absolute atomic E-state index is 0.00596. The Morgan fingerprint density at radius 1 is 1.15 bits per heavy atom. The van der Waals surface area contributed by atoms with Crippen LogP contribution in [0.15, 0.2) is 53.6 Å². The van der Waals surface area contributed by atoms with Crippen molar-refractivity contribution in [1.82, 2.24) is 5.43 Å². The number of rotatable bonds is 6. The van der Waals surface area contributed by atoms with Gasteiger partial charge in [0.05, 0.1) is 10.6 Å². The van der Waals surface area contributed by atoms with Gasteiger partial charge in [0, 0.05) is 17.7 Å². The number of para-hydroxylation sites is 1. The van der Waals surface area contributed by atoms with E-state index in [2.05, 4.69) is 15.8 Å². The lowest BCUT2D eigenvalue weighted by molar-refractivity contribution is -0.385. The second-order valence-corrected chi connectivity index (χ2v) is 6.26. The molecule has 0 heterocycles. The van der Waals surface area contributed by atoms with E-state index in [-0.39, 0.29) is 23.1 Å². The van der Waals surface area contributed by atoms with E-state index in [9.17, 15) is 19.7 Å². The highest BCUT2D eigenvalue weighted by Gasteiger charge is 2.29. The van der Waals surface area contributed by atoms with Crippen molar-refractivity contribution in [2.24, 2.45) is 11.0 Å². The summed E-state index contributed by atoms with van der Waals surface area (Å²) >= 11 is 0. The summed E-state index contributed by atoms with van der Waals surface area (Å²) in [4.78, 5) is 34.5. The van der Waals surface area contributed by atoms with Crippen molar-refractivity contribution >= 4 is 28.9 Å². The van der Waals surface area contributed by atoms with Crippen molar-refractivity contribution in [3.63, 3.8) is 0 Å². The fraction of sp³-hybridized carbons (Fsp3) is 0.211. The summed E-state index contributed by atoms with van der Waals surface area (Å²) in [5, 5.41) is 17.9. The topological polar surface area (TPSA) is 114 Å². The third kappa shape index (κ3) is 4.55. The summed E-state index contributed by atoms with van der Waals surface area (Å²) < 4.78 is 0. The van der Waals surface area contributed by atoms with Crippen LogP contribution in [-0.4, -0.2) is 22.4 Å². The van der Waals surface area contributed by atoms with Gasteiger partial charge in [-0.3, -0.25) is 19.7 Å². The molecule has 8 heteroatoms. The van der Waals surface area contributed by atoms with Crippen LogP contribution in [0, 0.1) is 16.0 Å². The van der Waals surface area contributed by atoms with E-state index in [1.807, 2.05) is 0 Å².